The normalized spacial score (nSPS) is 17.6. The summed E-state index contributed by atoms with van der Waals surface area (Å²) in [6.45, 7) is 2.29. The van der Waals surface area contributed by atoms with Gasteiger partial charge in [-0.15, -0.1) is 11.3 Å². The second-order valence-electron chi connectivity index (χ2n) is 5.79. The molecule has 23 heavy (non-hydrogen) atoms. The number of fused-ring (bicyclic) bond motifs is 5. The molecule has 0 saturated carbocycles. The van der Waals surface area contributed by atoms with E-state index >= 15 is 0 Å². The van der Waals surface area contributed by atoms with Gasteiger partial charge in [-0.3, -0.25) is 4.79 Å². The van der Waals surface area contributed by atoms with Crippen molar-refractivity contribution < 1.29 is 9.53 Å². The summed E-state index contributed by atoms with van der Waals surface area (Å²) in [4.78, 5) is 23.0. The van der Waals surface area contributed by atoms with E-state index in [1.54, 1.807) is 22.2 Å². The number of hydrogen-bond acceptors (Lipinski definition) is 7. The standard InChI is InChI=1S/C15H16N4O2S2/c1-8-3-4-10-9(5-8)12-13-16-7-17-19(13)15(18-14(12)23-10)22-6-11(20)21-2/h7-8H,3-6H2,1-2H3/t8-/m0/s1. The molecule has 3 heterocycles. The van der Waals surface area contributed by atoms with Crippen molar-refractivity contribution in [2.75, 3.05) is 12.9 Å². The fourth-order valence-electron chi connectivity index (χ4n) is 3.01. The van der Waals surface area contributed by atoms with Crippen molar-refractivity contribution in [3.63, 3.8) is 0 Å². The Balaban J connectivity index is 1.86. The van der Waals surface area contributed by atoms with Crippen molar-refractivity contribution in [2.24, 2.45) is 5.92 Å². The Morgan fingerprint density at radius 3 is 3.26 bits per heavy atom. The summed E-state index contributed by atoms with van der Waals surface area (Å²) in [5.41, 5.74) is 2.23. The summed E-state index contributed by atoms with van der Waals surface area (Å²) in [6, 6.07) is 0. The second-order valence-corrected chi connectivity index (χ2v) is 7.81. The number of rotatable bonds is 3. The highest BCUT2D eigenvalue weighted by Crippen LogP contribution is 2.39. The number of hydrogen-bond donors (Lipinski definition) is 0. The minimum Gasteiger partial charge on any atom is -0.468 e. The number of aryl methyl sites for hydroxylation is 1. The predicted octanol–water partition coefficient (Wildman–Crippen LogP) is 2.73. The molecule has 0 radical (unpaired) electrons. The number of aromatic nitrogens is 4. The van der Waals surface area contributed by atoms with Crippen LogP contribution in [0.1, 0.15) is 23.8 Å². The Morgan fingerprint density at radius 2 is 2.43 bits per heavy atom. The number of esters is 1. The van der Waals surface area contributed by atoms with Gasteiger partial charge in [0.15, 0.2) is 10.8 Å². The van der Waals surface area contributed by atoms with E-state index in [0.29, 0.717) is 11.1 Å². The van der Waals surface area contributed by atoms with Crippen molar-refractivity contribution in [3.05, 3.63) is 16.8 Å². The summed E-state index contributed by atoms with van der Waals surface area (Å²) in [5.74, 6) is 0.632. The first-order chi connectivity index (χ1) is 11.2. The molecule has 0 bridgehead atoms. The Kier molecular flexibility index (Phi) is 3.73. The molecular weight excluding hydrogens is 332 g/mol. The lowest BCUT2D eigenvalue weighted by Crippen LogP contribution is -2.09. The summed E-state index contributed by atoms with van der Waals surface area (Å²) in [6.07, 6.45) is 4.97. The third-order valence-corrected chi connectivity index (χ3v) is 6.27. The lowest BCUT2D eigenvalue weighted by atomic mass is 9.89. The quantitative estimate of drug-likeness (QED) is 0.412. The van der Waals surface area contributed by atoms with Gasteiger partial charge in [0.2, 0.25) is 0 Å². The highest BCUT2D eigenvalue weighted by Gasteiger charge is 2.24. The Morgan fingerprint density at radius 1 is 1.57 bits per heavy atom. The zero-order valence-electron chi connectivity index (χ0n) is 12.9. The number of carbonyl (C=O) groups is 1. The zero-order valence-corrected chi connectivity index (χ0v) is 14.5. The minimum atomic E-state index is -0.274. The van der Waals surface area contributed by atoms with Crippen LogP contribution in [0.5, 0.6) is 0 Å². The van der Waals surface area contributed by atoms with E-state index in [1.807, 2.05) is 0 Å². The van der Waals surface area contributed by atoms with Gasteiger partial charge in [-0.05, 0) is 30.7 Å². The van der Waals surface area contributed by atoms with Gasteiger partial charge in [0.05, 0.1) is 18.2 Å². The van der Waals surface area contributed by atoms with Gasteiger partial charge in [0.1, 0.15) is 11.2 Å². The van der Waals surface area contributed by atoms with E-state index in [1.165, 1.54) is 35.7 Å². The molecule has 0 aliphatic heterocycles. The fraction of sp³-hybridized carbons (Fsp3) is 0.467. The maximum Gasteiger partial charge on any atom is 0.316 e. The summed E-state index contributed by atoms with van der Waals surface area (Å²) in [7, 11) is 1.39. The number of thioether (sulfide) groups is 1. The van der Waals surface area contributed by atoms with E-state index in [-0.39, 0.29) is 11.7 Å². The molecule has 3 aromatic heterocycles. The number of nitrogens with zero attached hydrogens (tertiary/aromatic N) is 4. The van der Waals surface area contributed by atoms with Gasteiger partial charge >= 0.3 is 5.97 Å². The van der Waals surface area contributed by atoms with Gasteiger partial charge < -0.3 is 4.74 Å². The highest BCUT2D eigenvalue weighted by atomic mass is 32.2. The van der Waals surface area contributed by atoms with Crippen LogP contribution in [0, 0.1) is 5.92 Å². The summed E-state index contributed by atoms with van der Waals surface area (Å²) < 4.78 is 6.44. The predicted molar refractivity (Wildman–Crippen MR) is 90.1 cm³/mol. The Bertz CT molecular complexity index is 902. The van der Waals surface area contributed by atoms with Crippen molar-refractivity contribution in [3.8, 4) is 0 Å². The first-order valence-electron chi connectivity index (χ1n) is 7.51. The molecule has 1 aliphatic rings. The lowest BCUT2D eigenvalue weighted by Gasteiger charge is -2.17. The topological polar surface area (TPSA) is 69.4 Å². The SMILES string of the molecule is COC(=O)CSc1nc2sc3c(c2c2ncnn12)C[C@@H](C)CC3. The number of carbonyl (C=O) groups excluding carboxylic acids is 1. The first kappa shape index (κ1) is 14.9. The molecule has 1 atom stereocenters. The van der Waals surface area contributed by atoms with E-state index in [0.717, 1.165) is 28.7 Å². The van der Waals surface area contributed by atoms with E-state index in [2.05, 4.69) is 17.0 Å². The molecule has 120 valence electrons. The Labute approximate surface area is 141 Å². The smallest absolute Gasteiger partial charge is 0.316 e. The number of ether oxygens (including phenoxy) is 1. The molecule has 4 rings (SSSR count). The van der Waals surface area contributed by atoms with Crippen LogP contribution in [-0.2, 0) is 22.4 Å². The Hall–Kier alpha value is -1.67. The van der Waals surface area contributed by atoms with Crippen LogP contribution in [0.4, 0.5) is 0 Å². The van der Waals surface area contributed by atoms with Crippen molar-refractivity contribution in [1.82, 2.24) is 19.6 Å². The zero-order chi connectivity index (χ0) is 16.0. The van der Waals surface area contributed by atoms with Crippen LogP contribution in [0.3, 0.4) is 0 Å². The monoisotopic (exact) mass is 348 g/mol. The third-order valence-electron chi connectivity index (χ3n) is 4.19. The number of methoxy groups -OCH3 is 1. The van der Waals surface area contributed by atoms with Gasteiger partial charge in [0, 0.05) is 4.88 Å². The first-order valence-corrected chi connectivity index (χ1v) is 9.31. The molecule has 8 heteroatoms. The maximum absolute atomic E-state index is 11.4. The highest BCUT2D eigenvalue weighted by molar-refractivity contribution is 7.99. The van der Waals surface area contributed by atoms with Crippen LogP contribution < -0.4 is 0 Å². The van der Waals surface area contributed by atoms with Crippen molar-refractivity contribution in [2.45, 2.75) is 31.3 Å². The summed E-state index contributed by atoms with van der Waals surface area (Å²) >= 11 is 3.08. The molecule has 0 saturated heterocycles. The van der Waals surface area contributed by atoms with Crippen LogP contribution in [0.25, 0.3) is 15.9 Å². The van der Waals surface area contributed by atoms with Gasteiger partial charge in [0.25, 0.3) is 0 Å². The van der Waals surface area contributed by atoms with Gasteiger partial charge in [-0.25, -0.2) is 9.97 Å². The largest absolute Gasteiger partial charge is 0.468 e. The van der Waals surface area contributed by atoms with Crippen LogP contribution in [0.2, 0.25) is 0 Å². The van der Waals surface area contributed by atoms with Crippen molar-refractivity contribution in [1.29, 1.82) is 0 Å². The molecule has 0 fully saturated rings. The van der Waals surface area contributed by atoms with Crippen molar-refractivity contribution >= 4 is 44.9 Å². The molecule has 0 unspecified atom stereocenters. The van der Waals surface area contributed by atoms with Crippen LogP contribution in [0.15, 0.2) is 11.5 Å². The molecular formula is C15H16N4O2S2. The summed E-state index contributed by atoms with van der Waals surface area (Å²) in [5, 5.41) is 6.11. The molecule has 6 nitrogen and oxygen atoms in total. The molecule has 0 N–H and O–H groups in total. The van der Waals surface area contributed by atoms with E-state index < -0.39 is 0 Å². The molecule has 0 spiro atoms. The average Bonchev–Trinajstić information content (AvgIpc) is 3.15. The lowest BCUT2D eigenvalue weighted by molar-refractivity contribution is -0.137. The van der Waals surface area contributed by atoms with Gasteiger partial charge in [-0.1, -0.05) is 18.7 Å². The molecule has 0 amide bonds. The van der Waals surface area contributed by atoms with E-state index in [4.69, 9.17) is 9.72 Å². The fourth-order valence-corrected chi connectivity index (χ4v) is 5.06. The maximum atomic E-state index is 11.4. The minimum absolute atomic E-state index is 0.214. The molecule has 0 aromatic carbocycles. The van der Waals surface area contributed by atoms with E-state index in [9.17, 15) is 4.79 Å². The van der Waals surface area contributed by atoms with Crippen LogP contribution in [-0.4, -0.2) is 38.4 Å². The second kappa shape index (κ2) is 5.76. The number of thiophene rings is 1. The molecule has 3 aromatic rings. The third kappa shape index (κ3) is 2.49. The average molecular weight is 348 g/mol. The van der Waals surface area contributed by atoms with Gasteiger partial charge in [-0.2, -0.15) is 9.61 Å². The molecule has 1 aliphatic carbocycles. The van der Waals surface area contributed by atoms with Crippen LogP contribution >= 0.6 is 23.1 Å².